The van der Waals surface area contributed by atoms with Crippen LogP contribution >= 0.6 is 0 Å². The van der Waals surface area contributed by atoms with Gasteiger partial charge in [0.2, 0.25) is 0 Å². The molecule has 0 bridgehead atoms. The quantitative estimate of drug-likeness (QED) is 0.0958. The molecule has 4 aromatic carbocycles. The Morgan fingerprint density at radius 1 is 0.467 bits per heavy atom. The second kappa shape index (κ2) is 14.2. The molecule has 0 N–H and O–H groups in total. The van der Waals surface area contributed by atoms with Gasteiger partial charge in [0.15, 0.2) is 11.6 Å². The van der Waals surface area contributed by atoms with Gasteiger partial charge in [-0.05, 0) is 91.2 Å². The summed E-state index contributed by atoms with van der Waals surface area (Å²) in [6.45, 7) is 2.13. The molecule has 0 aliphatic carbocycles. The second-order valence-electron chi connectivity index (χ2n) is 10.3. The van der Waals surface area contributed by atoms with Crippen molar-refractivity contribution >= 4 is 0 Å². The third-order valence-corrected chi connectivity index (χ3v) is 6.87. The summed E-state index contributed by atoms with van der Waals surface area (Å²) in [6.07, 6.45) is -5.47. The molecule has 0 saturated heterocycles. The normalized spacial score (nSPS) is 12.2. The van der Waals surface area contributed by atoms with Crippen molar-refractivity contribution in [3.8, 4) is 17.2 Å². The molecule has 11 heteroatoms. The summed E-state index contributed by atoms with van der Waals surface area (Å²) in [5, 5.41) is 0. The molecular formula is C34H30F8O3. The fraction of sp³-hybridized carbons (Fsp3) is 0.294. The van der Waals surface area contributed by atoms with E-state index < -0.39 is 52.6 Å². The van der Waals surface area contributed by atoms with Gasteiger partial charge in [0.05, 0.1) is 16.7 Å². The largest absolute Gasteiger partial charge is 0.429 e. The van der Waals surface area contributed by atoms with Gasteiger partial charge in [0.25, 0.3) is 0 Å². The van der Waals surface area contributed by atoms with Crippen molar-refractivity contribution in [3.05, 3.63) is 125 Å². The highest BCUT2D eigenvalue weighted by Crippen LogP contribution is 2.37. The zero-order valence-electron chi connectivity index (χ0n) is 24.2. The van der Waals surface area contributed by atoms with Crippen molar-refractivity contribution in [3.63, 3.8) is 0 Å². The van der Waals surface area contributed by atoms with Crippen LogP contribution in [0.15, 0.2) is 91.0 Å². The first kappa shape index (κ1) is 33.6. The number of rotatable bonds is 15. The molecule has 3 nitrogen and oxygen atoms in total. The molecule has 0 aromatic heterocycles. The van der Waals surface area contributed by atoms with Gasteiger partial charge < -0.3 is 14.2 Å². The number of aryl methyl sites for hydroxylation is 1. The van der Waals surface area contributed by atoms with Crippen LogP contribution in [0.1, 0.15) is 61.3 Å². The van der Waals surface area contributed by atoms with Crippen LogP contribution in [0, 0.1) is 11.6 Å². The van der Waals surface area contributed by atoms with Crippen LogP contribution < -0.4 is 14.2 Å². The zero-order chi connectivity index (χ0) is 32.7. The first-order valence-corrected chi connectivity index (χ1v) is 14.2. The van der Waals surface area contributed by atoms with E-state index in [0.717, 1.165) is 98.7 Å². The molecule has 45 heavy (non-hydrogen) atoms. The number of ether oxygens (including phenoxy) is 3. The molecule has 4 rings (SSSR count). The van der Waals surface area contributed by atoms with Crippen molar-refractivity contribution in [2.45, 2.75) is 63.8 Å². The van der Waals surface area contributed by atoms with E-state index in [1.54, 1.807) is 12.1 Å². The zero-order valence-corrected chi connectivity index (χ0v) is 24.2. The SMILES string of the molecule is CCCCCCCc1ccc(C(F)(F)Oc2ccc(C(F)(F)Oc3ccc(C(F)(F)Oc4ccc(F)c(F)c4)cc3)cc2)cc1. The van der Waals surface area contributed by atoms with E-state index in [0.29, 0.717) is 12.1 Å². The van der Waals surface area contributed by atoms with Gasteiger partial charge in [-0.25, -0.2) is 8.78 Å². The smallest absolute Gasteiger partial charge is 0.426 e. The minimum Gasteiger partial charge on any atom is -0.429 e. The number of hydrogen-bond acceptors (Lipinski definition) is 3. The predicted octanol–water partition coefficient (Wildman–Crippen LogP) is 10.9. The van der Waals surface area contributed by atoms with Crippen molar-refractivity contribution in [2.24, 2.45) is 0 Å². The van der Waals surface area contributed by atoms with Gasteiger partial charge in [-0.2, -0.15) is 26.3 Å². The van der Waals surface area contributed by atoms with Crippen LogP contribution in [0.25, 0.3) is 0 Å². The molecule has 0 radical (unpaired) electrons. The standard InChI is InChI=1S/C34H30F8O3/c1-2-3-4-5-6-7-23-8-10-24(11-9-23)32(37,38)43-27-16-12-25(13-17-27)33(39,40)44-28-18-14-26(15-19-28)34(41,42)45-29-20-21-30(35)31(36)22-29/h8-22H,2-7H2,1H3. The Bertz CT molecular complexity index is 1520. The molecule has 0 fully saturated rings. The topological polar surface area (TPSA) is 27.7 Å². The summed E-state index contributed by atoms with van der Waals surface area (Å²) in [5.74, 6) is -4.17. The highest BCUT2D eigenvalue weighted by molar-refractivity contribution is 5.34. The van der Waals surface area contributed by atoms with Gasteiger partial charge in [0, 0.05) is 6.07 Å². The lowest BCUT2D eigenvalue weighted by molar-refractivity contribution is -0.187. The lowest BCUT2D eigenvalue weighted by Crippen LogP contribution is -2.24. The maximum Gasteiger partial charge on any atom is 0.426 e. The Balaban J connectivity index is 1.34. The Hall–Kier alpha value is -4.28. The van der Waals surface area contributed by atoms with Crippen LogP contribution in [0.3, 0.4) is 0 Å². The van der Waals surface area contributed by atoms with E-state index in [1.807, 2.05) is 0 Å². The molecule has 0 aliphatic rings. The van der Waals surface area contributed by atoms with Crippen LogP contribution in [0.5, 0.6) is 17.2 Å². The number of benzene rings is 4. The summed E-state index contributed by atoms with van der Waals surface area (Å²) in [6, 6.07) is 14.3. The van der Waals surface area contributed by atoms with E-state index >= 15 is 0 Å². The van der Waals surface area contributed by atoms with Crippen LogP contribution in [0.2, 0.25) is 0 Å². The molecule has 4 aromatic rings. The molecule has 0 aliphatic heterocycles. The average molecular weight is 639 g/mol. The molecule has 240 valence electrons. The maximum absolute atomic E-state index is 14.8. The number of halogens is 8. The molecule has 0 unspecified atom stereocenters. The Labute approximate surface area is 255 Å². The van der Waals surface area contributed by atoms with Crippen molar-refractivity contribution < 1.29 is 49.3 Å². The summed E-state index contributed by atoms with van der Waals surface area (Å²) < 4.78 is 128. The summed E-state index contributed by atoms with van der Waals surface area (Å²) in [7, 11) is 0. The van der Waals surface area contributed by atoms with E-state index in [4.69, 9.17) is 4.74 Å². The average Bonchev–Trinajstić information content (AvgIpc) is 2.99. The van der Waals surface area contributed by atoms with Crippen molar-refractivity contribution in [1.29, 1.82) is 0 Å². The van der Waals surface area contributed by atoms with E-state index in [1.165, 1.54) is 12.1 Å². The second-order valence-corrected chi connectivity index (χ2v) is 10.3. The molecule has 0 heterocycles. The minimum absolute atomic E-state index is 0.368. The number of unbranched alkanes of at least 4 members (excludes halogenated alkanes) is 4. The third-order valence-electron chi connectivity index (χ3n) is 6.87. The van der Waals surface area contributed by atoms with Crippen LogP contribution in [0.4, 0.5) is 35.1 Å². The minimum atomic E-state index is -4.01. The van der Waals surface area contributed by atoms with Gasteiger partial charge in [-0.15, -0.1) is 0 Å². The molecule has 0 saturated carbocycles. The third kappa shape index (κ3) is 9.12. The highest BCUT2D eigenvalue weighted by atomic mass is 19.3. The van der Waals surface area contributed by atoms with Crippen molar-refractivity contribution in [1.82, 2.24) is 0 Å². The molecular weight excluding hydrogens is 608 g/mol. The van der Waals surface area contributed by atoms with Crippen molar-refractivity contribution in [2.75, 3.05) is 0 Å². The lowest BCUT2D eigenvalue weighted by Gasteiger charge is -2.21. The van der Waals surface area contributed by atoms with Crippen LogP contribution in [-0.4, -0.2) is 0 Å². The van der Waals surface area contributed by atoms with Gasteiger partial charge >= 0.3 is 18.3 Å². The molecule has 0 spiro atoms. The predicted molar refractivity (Wildman–Crippen MR) is 152 cm³/mol. The Morgan fingerprint density at radius 3 is 1.31 bits per heavy atom. The molecule has 0 atom stereocenters. The fourth-order valence-corrected chi connectivity index (χ4v) is 4.39. The van der Waals surface area contributed by atoms with Gasteiger partial charge in [0.1, 0.15) is 17.2 Å². The Morgan fingerprint density at radius 2 is 0.867 bits per heavy atom. The maximum atomic E-state index is 14.8. The first-order valence-electron chi connectivity index (χ1n) is 14.2. The fourth-order valence-electron chi connectivity index (χ4n) is 4.39. The lowest BCUT2D eigenvalue weighted by atomic mass is 10.0. The molecule has 0 amide bonds. The van der Waals surface area contributed by atoms with Gasteiger partial charge in [-0.1, -0.05) is 44.7 Å². The highest BCUT2D eigenvalue weighted by Gasteiger charge is 2.38. The van der Waals surface area contributed by atoms with E-state index in [9.17, 15) is 35.1 Å². The Kier molecular flexibility index (Phi) is 10.6. The monoisotopic (exact) mass is 638 g/mol. The summed E-state index contributed by atoms with van der Waals surface area (Å²) in [5.41, 5.74) is -0.949. The van der Waals surface area contributed by atoms with Crippen LogP contribution in [-0.2, 0) is 24.7 Å². The summed E-state index contributed by atoms with van der Waals surface area (Å²) in [4.78, 5) is 0. The van der Waals surface area contributed by atoms with Gasteiger partial charge in [-0.3, -0.25) is 0 Å². The summed E-state index contributed by atoms with van der Waals surface area (Å²) >= 11 is 0. The van der Waals surface area contributed by atoms with E-state index in [-0.39, 0.29) is 11.3 Å². The number of hydrogen-bond donors (Lipinski definition) is 0. The number of alkyl halides is 6. The first-order chi connectivity index (χ1) is 21.3. The van der Waals surface area contributed by atoms with E-state index in [2.05, 4.69) is 16.4 Å².